The second kappa shape index (κ2) is 16.1. The lowest BCUT2D eigenvalue weighted by molar-refractivity contribution is 0.369. The molecule has 1 aromatic heterocycles. The van der Waals surface area contributed by atoms with Gasteiger partial charge in [-0.2, -0.15) is 0 Å². The summed E-state index contributed by atoms with van der Waals surface area (Å²) in [7, 11) is 0. The fourth-order valence-corrected chi connectivity index (χ4v) is 8.05. The van der Waals surface area contributed by atoms with Crippen molar-refractivity contribution >= 4 is 45.5 Å². The van der Waals surface area contributed by atoms with E-state index in [1.54, 1.807) is 0 Å². The molecule has 5 heterocycles. The highest BCUT2D eigenvalue weighted by Crippen LogP contribution is 2.47. The van der Waals surface area contributed by atoms with Crippen LogP contribution in [0.2, 0.25) is 0 Å². The number of nitrogens with one attached hydrogen (secondary N) is 1. The monoisotopic (exact) mass is 1010 g/mol. The molecule has 0 saturated carbocycles. The van der Waals surface area contributed by atoms with Crippen molar-refractivity contribution in [3.8, 4) is 0 Å². The van der Waals surface area contributed by atoms with E-state index in [1.165, 1.54) is 0 Å². The third-order valence-corrected chi connectivity index (χ3v) is 11.4. The van der Waals surface area contributed by atoms with Gasteiger partial charge in [-0.05, 0) is 48.6 Å². The maximum absolute atomic E-state index is 16.0. The molecule has 1 unspecified atom stereocenters. The summed E-state index contributed by atoms with van der Waals surface area (Å²) in [6.45, 7) is 0. The van der Waals surface area contributed by atoms with Crippen LogP contribution in [-0.4, -0.2) is 22.1 Å². The Balaban J connectivity index is 1.50. The molecule has 0 saturated heterocycles. The number of alkyl halides is 1. The van der Waals surface area contributed by atoms with Gasteiger partial charge in [0.25, 0.3) is 0 Å². The van der Waals surface area contributed by atoms with Crippen LogP contribution in [0.25, 0.3) is 16.7 Å². The molecule has 0 radical (unpaired) electrons. The van der Waals surface area contributed by atoms with Crippen LogP contribution in [-0.2, 0) is 4.87 Å². The fourth-order valence-electron chi connectivity index (χ4n) is 7.67. The lowest BCUT2D eigenvalue weighted by Gasteiger charge is -2.28. The number of nitrogens with zero attached hydrogens (tertiary/aromatic N) is 3. The lowest BCUT2D eigenvalue weighted by atomic mass is 9.87. The molecule has 4 nitrogen and oxygen atoms in total. The van der Waals surface area contributed by atoms with Crippen molar-refractivity contribution in [2.45, 2.75) is 4.87 Å². The van der Waals surface area contributed by atoms with Gasteiger partial charge in [-0.15, -0.1) is 0 Å². The van der Waals surface area contributed by atoms with Crippen LogP contribution >= 0.6 is 11.6 Å². The van der Waals surface area contributed by atoms with Crippen LogP contribution in [0.3, 0.4) is 0 Å². The number of benzene rings is 4. The number of hydrogen-bond donors (Lipinski definition) is 1. The van der Waals surface area contributed by atoms with Crippen LogP contribution in [0, 0.1) is 116 Å². The SMILES string of the molecule is Fc1c(F)c(F)c(/C2=C3\C=CC(=N3)C(Cl)(c3c(F)c(F)c(F)c(F)c3F)C3=N/C(=C(/c4c(F)c(F)c(F)c(F)c4F)c4ccc([nH]4)/C(c4c(F)c(F)c(F)c(F)c4F)=C4/C=CC2=N4)C=C3)c(F)c1F. The second-order valence-electron chi connectivity index (χ2n) is 14.5. The summed E-state index contributed by atoms with van der Waals surface area (Å²) in [5, 5.41) is 0. The van der Waals surface area contributed by atoms with E-state index in [0.29, 0.717) is 48.6 Å². The lowest BCUT2D eigenvalue weighted by Crippen LogP contribution is -2.38. The van der Waals surface area contributed by atoms with Gasteiger partial charge in [0.1, 0.15) is 0 Å². The molecule has 25 heteroatoms. The largest absolute Gasteiger partial charge is 0.354 e. The molecule has 0 fully saturated rings. The number of fused-ring (bicyclic) bond motifs is 5. The Bertz CT molecular complexity index is 3460. The van der Waals surface area contributed by atoms with E-state index in [1.807, 2.05) is 0 Å². The maximum Gasteiger partial charge on any atom is 0.200 e. The second-order valence-corrected chi connectivity index (χ2v) is 15.1. The summed E-state index contributed by atoms with van der Waals surface area (Å²) in [5.74, 6) is -53.6. The van der Waals surface area contributed by atoms with E-state index < -0.39 is 206 Å². The van der Waals surface area contributed by atoms with E-state index in [9.17, 15) is 43.9 Å². The van der Waals surface area contributed by atoms with Gasteiger partial charge in [0.2, 0.25) is 23.3 Å². The third kappa shape index (κ3) is 6.50. The van der Waals surface area contributed by atoms with E-state index in [0.717, 1.165) is 0 Å². The molecular weight excluding hydrogens is 1000 g/mol. The first-order valence-electron chi connectivity index (χ1n) is 18.5. The van der Waals surface area contributed by atoms with Crippen molar-refractivity contribution in [2.24, 2.45) is 15.0 Å². The van der Waals surface area contributed by atoms with Crippen molar-refractivity contribution in [3.05, 3.63) is 216 Å². The molecule has 5 aromatic rings. The van der Waals surface area contributed by atoms with Crippen molar-refractivity contribution in [1.82, 2.24) is 4.98 Å². The van der Waals surface area contributed by atoms with Gasteiger partial charge in [0, 0.05) is 28.1 Å². The van der Waals surface area contributed by atoms with Crippen LogP contribution < -0.4 is 0 Å². The minimum absolute atomic E-state index is 0.487. The number of aromatic amines is 1. The zero-order valence-corrected chi connectivity index (χ0v) is 33.2. The Morgan fingerprint density at radius 1 is 0.319 bits per heavy atom. The van der Waals surface area contributed by atoms with Crippen LogP contribution in [0.1, 0.15) is 33.6 Å². The van der Waals surface area contributed by atoms with Crippen LogP contribution in [0.5, 0.6) is 0 Å². The van der Waals surface area contributed by atoms with E-state index in [-0.39, 0.29) is 0 Å². The standard InChI is InChI=1S/C44H9ClF20N4/c45-44(23-30(52)38(60)43(65)39(61)31(23)53)15-7-5-13(68-15)18(21-26(48)34(56)41(63)35(57)27(21)49)11-3-1-9(66-11)17(20-24(46)32(54)40(62)33(55)25(20)47)10-2-4-12(67-10)19(14-6-8-16(44)69-14)22-28(50)36(58)42(64)37(59)29(22)51/h1-8,66H/b17-10+,18-13+,19-14+. The zero-order chi connectivity index (χ0) is 50.2. The van der Waals surface area contributed by atoms with Gasteiger partial charge in [-0.1, -0.05) is 11.6 Å². The first-order valence-corrected chi connectivity index (χ1v) is 18.8. The highest BCUT2D eigenvalue weighted by Gasteiger charge is 2.49. The molecule has 4 aromatic carbocycles. The van der Waals surface area contributed by atoms with Crippen molar-refractivity contribution in [3.63, 3.8) is 0 Å². The molecular formula is C44H9ClF20N4. The van der Waals surface area contributed by atoms with Gasteiger partial charge < -0.3 is 4.98 Å². The minimum atomic E-state index is -3.61. The van der Waals surface area contributed by atoms with E-state index >= 15 is 43.9 Å². The summed E-state index contributed by atoms with van der Waals surface area (Å²) in [4.78, 5) is 10.3. The smallest absolute Gasteiger partial charge is 0.200 e. The number of rotatable bonds is 4. The topological polar surface area (TPSA) is 52.9 Å². The van der Waals surface area contributed by atoms with Gasteiger partial charge in [-0.25, -0.2) is 92.8 Å². The zero-order valence-electron chi connectivity index (χ0n) is 32.4. The molecule has 0 spiro atoms. The molecule has 352 valence electrons. The highest BCUT2D eigenvalue weighted by molar-refractivity contribution is 6.52. The molecule has 69 heavy (non-hydrogen) atoms. The normalized spacial score (nSPS) is 20.7. The first kappa shape index (κ1) is 46.6. The number of aromatic nitrogens is 1. The summed E-state index contributed by atoms with van der Waals surface area (Å²) >= 11 is 6.85. The Kier molecular flexibility index (Phi) is 10.8. The number of hydrogen-bond acceptors (Lipinski definition) is 3. The Morgan fingerprint density at radius 3 is 0.957 bits per heavy atom. The fraction of sp³-hybridized carbons (Fsp3) is 0.0227. The number of aliphatic imine (C=N–C) groups is 3. The molecule has 1 atom stereocenters. The molecule has 0 amide bonds. The Morgan fingerprint density at radius 2 is 0.594 bits per heavy atom. The Hall–Kier alpha value is -7.50. The van der Waals surface area contributed by atoms with Gasteiger partial charge >= 0.3 is 0 Å². The predicted molar refractivity (Wildman–Crippen MR) is 202 cm³/mol. The third-order valence-electron chi connectivity index (χ3n) is 10.8. The molecule has 4 aliphatic heterocycles. The summed E-state index contributed by atoms with van der Waals surface area (Å²) < 4.78 is 304. The highest BCUT2D eigenvalue weighted by atomic mass is 35.5. The first-order chi connectivity index (χ1) is 32.4. The average Bonchev–Trinajstić information content (AvgIpc) is 4.19. The molecule has 4 aliphatic rings. The van der Waals surface area contributed by atoms with Crippen LogP contribution in [0.15, 0.2) is 80.7 Å². The van der Waals surface area contributed by atoms with Gasteiger partial charge in [0.05, 0.1) is 56.5 Å². The molecule has 9 rings (SSSR count). The quantitative estimate of drug-likeness (QED) is 0.0807. The van der Waals surface area contributed by atoms with Gasteiger partial charge in [-0.3, -0.25) is 9.98 Å². The van der Waals surface area contributed by atoms with Gasteiger partial charge in [0.15, 0.2) is 97.9 Å². The van der Waals surface area contributed by atoms with E-state index in [2.05, 4.69) is 20.0 Å². The predicted octanol–water partition coefficient (Wildman–Crippen LogP) is 12.9. The van der Waals surface area contributed by atoms with Crippen molar-refractivity contribution in [1.29, 1.82) is 0 Å². The Labute approximate surface area is 373 Å². The van der Waals surface area contributed by atoms with E-state index in [4.69, 9.17) is 11.6 Å². The van der Waals surface area contributed by atoms with Crippen LogP contribution in [0.4, 0.5) is 87.8 Å². The van der Waals surface area contributed by atoms with Crippen molar-refractivity contribution in [2.75, 3.05) is 0 Å². The number of H-pyrrole nitrogens is 1. The summed E-state index contributed by atoms with van der Waals surface area (Å²) in [5.41, 5.74) is -20.7. The summed E-state index contributed by atoms with van der Waals surface area (Å²) in [6, 6.07) is 1.20. The van der Waals surface area contributed by atoms with Crippen molar-refractivity contribution < 1.29 is 87.8 Å². The minimum Gasteiger partial charge on any atom is -0.354 e. The number of allylic oxidation sites excluding steroid dienone is 7. The number of halogens is 21. The average molecular weight is 1010 g/mol. The molecule has 1 N–H and O–H groups in total. The molecule has 0 aliphatic carbocycles. The molecule has 8 bridgehead atoms. The summed E-state index contributed by atoms with van der Waals surface area (Å²) in [6.07, 6.45) is 3.15. The maximum atomic E-state index is 16.0.